The van der Waals surface area contributed by atoms with Crippen LogP contribution < -0.4 is 30.0 Å². The highest BCUT2D eigenvalue weighted by Gasteiger charge is 2.61. The predicted octanol–water partition coefficient (Wildman–Crippen LogP) is 2.30. The number of methoxy groups -OCH3 is 2. The zero-order valence-corrected chi connectivity index (χ0v) is 29.0. The molecule has 0 bridgehead atoms. The van der Waals surface area contributed by atoms with Crippen LogP contribution in [0.1, 0.15) is 53.3 Å². The summed E-state index contributed by atoms with van der Waals surface area (Å²) in [6.07, 6.45) is -4.83. The van der Waals surface area contributed by atoms with Crippen molar-refractivity contribution in [3.63, 3.8) is 0 Å². The number of carbonyl (C=O) groups is 3. The van der Waals surface area contributed by atoms with E-state index >= 15 is 0 Å². The van der Waals surface area contributed by atoms with Crippen molar-refractivity contribution >= 4 is 38.6 Å². The molecule has 1 aromatic heterocycles. The lowest BCUT2D eigenvalue weighted by atomic mass is 9.86. The predicted molar refractivity (Wildman–Crippen MR) is 171 cm³/mol. The lowest BCUT2D eigenvalue weighted by molar-refractivity contribution is -0.145. The summed E-state index contributed by atoms with van der Waals surface area (Å²) in [4.78, 5) is 49.4. The summed E-state index contributed by atoms with van der Waals surface area (Å²) in [6, 6.07) is 0.159. The first-order chi connectivity index (χ1) is 22.6. The second-order valence-corrected chi connectivity index (χ2v) is 15.7. The van der Waals surface area contributed by atoms with Gasteiger partial charge in [-0.05, 0) is 31.7 Å². The van der Waals surface area contributed by atoms with Crippen molar-refractivity contribution in [1.82, 2.24) is 24.9 Å². The molecular weight excluding hydrogens is 673 g/mol. The summed E-state index contributed by atoms with van der Waals surface area (Å²) >= 11 is 0. The summed E-state index contributed by atoms with van der Waals surface area (Å²) in [6.45, 7) is 11.3. The summed E-state index contributed by atoms with van der Waals surface area (Å²) in [5.74, 6) is -4.77. The topological polar surface area (TPSA) is 192 Å². The number of benzene rings is 1. The van der Waals surface area contributed by atoms with E-state index in [9.17, 15) is 36.0 Å². The van der Waals surface area contributed by atoms with E-state index in [0.717, 1.165) is 4.90 Å². The van der Waals surface area contributed by atoms with Crippen molar-refractivity contribution in [3.8, 4) is 17.4 Å². The average molecular weight is 715 g/mol. The summed E-state index contributed by atoms with van der Waals surface area (Å²) in [7, 11) is -1.42. The Kier molecular flexibility index (Phi) is 10.2. The van der Waals surface area contributed by atoms with Crippen LogP contribution in [0.5, 0.6) is 17.4 Å². The molecule has 5 atom stereocenters. The van der Waals surface area contributed by atoms with Crippen molar-refractivity contribution in [1.29, 1.82) is 0 Å². The van der Waals surface area contributed by atoms with Gasteiger partial charge in [-0.15, -0.1) is 6.58 Å². The smallest absolute Gasteiger partial charge is 0.451 e. The van der Waals surface area contributed by atoms with E-state index in [4.69, 9.17) is 19.9 Å². The molecule has 1 aliphatic heterocycles. The largest absolute Gasteiger partial charge is 0.493 e. The molecule has 0 radical (unpaired) electrons. The Morgan fingerprint density at radius 1 is 1.12 bits per heavy atom. The average Bonchev–Trinajstić information content (AvgIpc) is 3.57. The van der Waals surface area contributed by atoms with Gasteiger partial charge in [0.05, 0.1) is 43.0 Å². The first-order valence-corrected chi connectivity index (χ1v) is 16.9. The second-order valence-electron chi connectivity index (χ2n) is 13.4. The molecule has 1 aromatic carbocycles. The highest BCUT2D eigenvalue weighted by Crippen LogP contribution is 2.45. The van der Waals surface area contributed by atoms with Gasteiger partial charge >= 0.3 is 6.18 Å². The Labute approximate surface area is 282 Å². The van der Waals surface area contributed by atoms with Gasteiger partial charge in [-0.1, -0.05) is 26.8 Å². The zero-order valence-electron chi connectivity index (χ0n) is 28.2. The van der Waals surface area contributed by atoms with Crippen molar-refractivity contribution in [2.24, 2.45) is 17.1 Å². The van der Waals surface area contributed by atoms with Crippen LogP contribution in [0, 0.1) is 11.3 Å². The molecule has 0 spiro atoms. The molecule has 14 nitrogen and oxygen atoms in total. The van der Waals surface area contributed by atoms with Gasteiger partial charge in [-0.2, -0.15) is 18.2 Å². The fraction of sp³-hybridized carbons (Fsp3) is 0.581. The maximum Gasteiger partial charge on any atom is 0.451 e. The van der Waals surface area contributed by atoms with Crippen LogP contribution in [-0.4, -0.2) is 90.7 Å². The molecule has 4 N–H and O–H groups in total. The number of carbonyl (C=O) groups excluding carboxylic acids is 3. The van der Waals surface area contributed by atoms with Gasteiger partial charge in [0.15, 0.2) is 11.5 Å². The number of rotatable bonds is 11. The lowest BCUT2D eigenvalue weighted by Gasteiger charge is -2.33. The Morgan fingerprint density at radius 3 is 2.24 bits per heavy atom. The van der Waals surface area contributed by atoms with Gasteiger partial charge in [-0.3, -0.25) is 19.1 Å². The van der Waals surface area contributed by atoms with Crippen LogP contribution in [0.2, 0.25) is 0 Å². The maximum absolute atomic E-state index is 13.9. The van der Waals surface area contributed by atoms with Gasteiger partial charge < -0.3 is 30.2 Å². The summed E-state index contributed by atoms with van der Waals surface area (Å²) in [5, 5.41) is 1.72. The number of nitrogens with one attached hydrogen (secondary N) is 2. The molecule has 18 heteroatoms. The highest BCUT2D eigenvalue weighted by molar-refractivity contribution is 7.90. The number of aromatic nitrogens is 2. The second kappa shape index (κ2) is 13.3. The minimum absolute atomic E-state index is 0.0385. The number of nitrogens with two attached hydrogens (primary N) is 1. The van der Waals surface area contributed by atoms with Crippen LogP contribution in [0.15, 0.2) is 24.8 Å². The standard InChI is InChI=1S/C31H41F3N6O8S/c1-9-16-13-30(16,28(43)39-49(44,45)15(2)3)38-24(41)20-10-17(14-40(20)26(42)23(35)29(4,5)6)48-25-18-11-21(46-7)22(47-8)12-19(18)36-27(37-25)31(32,33)34/h9,11-12,15-17,20,23H,1,10,13-14,35H2,2-8H3,(H,38,41)(H,39,43)/t16?,17-,20+,23-,30?/m1/s1. The van der Waals surface area contributed by atoms with Crippen molar-refractivity contribution in [2.45, 2.75) is 82.6 Å². The number of fused-ring (bicyclic) bond motifs is 1. The fourth-order valence-electron chi connectivity index (χ4n) is 5.40. The molecule has 4 rings (SSSR count). The monoisotopic (exact) mass is 714 g/mol. The normalized spacial score (nSPS) is 23.2. The summed E-state index contributed by atoms with van der Waals surface area (Å²) < 4.78 is 85.1. The minimum atomic E-state index is -4.96. The van der Waals surface area contributed by atoms with Crippen LogP contribution in [0.4, 0.5) is 13.2 Å². The first kappa shape index (κ1) is 37.6. The van der Waals surface area contributed by atoms with E-state index in [2.05, 4.69) is 21.9 Å². The third-order valence-corrected chi connectivity index (χ3v) is 10.4. The molecule has 2 unspecified atom stereocenters. The third-order valence-electron chi connectivity index (χ3n) is 8.65. The number of likely N-dealkylation sites (tertiary alicyclic amines) is 1. The Hall–Kier alpha value is -4.19. The molecule has 3 amide bonds. The van der Waals surface area contributed by atoms with Crippen LogP contribution >= 0.6 is 0 Å². The van der Waals surface area contributed by atoms with E-state index in [-0.39, 0.29) is 41.8 Å². The van der Waals surface area contributed by atoms with E-state index in [1.165, 1.54) is 46.3 Å². The van der Waals surface area contributed by atoms with Crippen LogP contribution in [-0.2, 0) is 30.6 Å². The quantitative estimate of drug-likeness (QED) is 0.290. The number of alkyl halides is 3. The minimum Gasteiger partial charge on any atom is -0.493 e. The number of nitrogens with zero attached hydrogens (tertiary/aromatic N) is 3. The zero-order chi connectivity index (χ0) is 36.9. The molecule has 1 saturated carbocycles. The Morgan fingerprint density at radius 2 is 1.73 bits per heavy atom. The van der Waals surface area contributed by atoms with Gasteiger partial charge in [-0.25, -0.2) is 13.4 Å². The van der Waals surface area contributed by atoms with Gasteiger partial charge in [0.1, 0.15) is 17.7 Å². The Bertz CT molecular complexity index is 1760. The molecular formula is C31H41F3N6O8S. The number of halogens is 3. The molecule has 1 aliphatic carbocycles. The van der Waals surface area contributed by atoms with E-state index < -0.39 is 85.9 Å². The summed E-state index contributed by atoms with van der Waals surface area (Å²) in [5.41, 5.74) is 3.70. The highest BCUT2D eigenvalue weighted by atomic mass is 32.2. The van der Waals surface area contributed by atoms with Gasteiger partial charge in [0.25, 0.3) is 5.91 Å². The molecule has 2 fully saturated rings. The fourth-order valence-corrected chi connectivity index (χ4v) is 6.08. The van der Waals surface area contributed by atoms with Crippen molar-refractivity contribution < 1.29 is 50.2 Å². The van der Waals surface area contributed by atoms with Crippen LogP contribution in [0.25, 0.3) is 10.9 Å². The van der Waals surface area contributed by atoms with Gasteiger partial charge in [0, 0.05) is 18.4 Å². The van der Waals surface area contributed by atoms with Gasteiger partial charge in [0.2, 0.25) is 33.5 Å². The first-order valence-electron chi connectivity index (χ1n) is 15.3. The number of hydrogen-bond acceptors (Lipinski definition) is 11. The number of ether oxygens (including phenoxy) is 3. The Balaban J connectivity index is 1.72. The molecule has 2 aliphatic rings. The van der Waals surface area contributed by atoms with E-state index in [0.29, 0.717) is 0 Å². The molecule has 270 valence electrons. The van der Waals surface area contributed by atoms with E-state index in [1.807, 2.05) is 4.72 Å². The van der Waals surface area contributed by atoms with Crippen LogP contribution in [0.3, 0.4) is 0 Å². The van der Waals surface area contributed by atoms with E-state index in [1.54, 1.807) is 20.8 Å². The lowest BCUT2D eigenvalue weighted by Crippen LogP contribution is -2.59. The maximum atomic E-state index is 13.9. The number of sulfonamides is 1. The SMILES string of the molecule is C=CC1CC1(NC(=O)[C@@H]1C[C@@H](Oc2nc(C(F)(F)F)nc3cc(OC)c(OC)cc23)CN1C(=O)[C@@H](N)C(C)(C)C)C(=O)NS(=O)(=O)C(C)C. The number of amides is 3. The number of hydrogen-bond donors (Lipinski definition) is 3. The third kappa shape index (κ3) is 7.54. The molecule has 2 aromatic rings. The molecule has 1 saturated heterocycles. The van der Waals surface area contributed by atoms with Crippen molar-refractivity contribution in [2.75, 3.05) is 20.8 Å². The molecule has 2 heterocycles. The van der Waals surface area contributed by atoms with Crippen molar-refractivity contribution in [3.05, 3.63) is 30.6 Å². The molecule has 49 heavy (non-hydrogen) atoms.